The number of hydrogen-bond acceptors (Lipinski definition) is 6. The summed E-state index contributed by atoms with van der Waals surface area (Å²) in [7, 11) is 0. The lowest BCUT2D eigenvalue weighted by Crippen LogP contribution is -1.97. The number of rotatable bonds is 2. The standard InChI is InChI=1S/C11H8N4OS/c12-11-14-9(8-3-5-17-10(8)15-11)16-7-2-1-4-13-6-7/h1-6H,(H2,12,14,15). The quantitative estimate of drug-likeness (QED) is 0.749. The molecule has 0 fully saturated rings. The molecule has 0 spiro atoms. The number of aromatic nitrogens is 3. The van der Waals surface area contributed by atoms with E-state index < -0.39 is 0 Å². The first-order valence-electron chi connectivity index (χ1n) is 4.91. The van der Waals surface area contributed by atoms with Gasteiger partial charge in [0.25, 0.3) is 0 Å². The van der Waals surface area contributed by atoms with E-state index in [0.717, 1.165) is 10.2 Å². The van der Waals surface area contributed by atoms with Gasteiger partial charge < -0.3 is 10.5 Å². The van der Waals surface area contributed by atoms with Crippen molar-refractivity contribution in [3.05, 3.63) is 36.0 Å². The maximum absolute atomic E-state index is 5.64. The van der Waals surface area contributed by atoms with Gasteiger partial charge in [-0.3, -0.25) is 4.98 Å². The monoisotopic (exact) mass is 244 g/mol. The summed E-state index contributed by atoms with van der Waals surface area (Å²) in [6.07, 6.45) is 3.30. The van der Waals surface area contributed by atoms with E-state index >= 15 is 0 Å². The highest BCUT2D eigenvalue weighted by atomic mass is 32.1. The summed E-state index contributed by atoms with van der Waals surface area (Å²) in [5.41, 5.74) is 5.63. The highest BCUT2D eigenvalue weighted by molar-refractivity contribution is 7.16. The van der Waals surface area contributed by atoms with Gasteiger partial charge in [-0.05, 0) is 23.6 Å². The molecule has 84 valence electrons. The lowest BCUT2D eigenvalue weighted by molar-refractivity contribution is 0.467. The van der Waals surface area contributed by atoms with Crippen LogP contribution in [0.25, 0.3) is 10.2 Å². The van der Waals surface area contributed by atoms with Gasteiger partial charge >= 0.3 is 0 Å². The van der Waals surface area contributed by atoms with Gasteiger partial charge in [0.05, 0.1) is 11.6 Å². The Balaban J connectivity index is 2.08. The fourth-order valence-electron chi connectivity index (χ4n) is 1.44. The third-order valence-corrected chi connectivity index (χ3v) is 2.96. The fourth-order valence-corrected chi connectivity index (χ4v) is 2.20. The van der Waals surface area contributed by atoms with E-state index in [0.29, 0.717) is 11.6 Å². The Labute approximate surface area is 101 Å². The predicted octanol–water partition coefficient (Wildman–Crippen LogP) is 2.46. The number of pyridine rings is 1. The molecule has 2 N–H and O–H groups in total. The maximum atomic E-state index is 5.64. The third-order valence-electron chi connectivity index (χ3n) is 2.16. The van der Waals surface area contributed by atoms with Crippen LogP contribution in [0.15, 0.2) is 36.0 Å². The highest BCUT2D eigenvalue weighted by Gasteiger charge is 2.09. The molecule has 0 aromatic carbocycles. The summed E-state index contributed by atoms with van der Waals surface area (Å²) in [5.74, 6) is 1.29. The molecule has 0 unspecified atom stereocenters. The van der Waals surface area contributed by atoms with Crippen LogP contribution in [0.3, 0.4) is 0 Å². The van der Waals surface area contributed by atoms with E-state index in [9.17, 15) is 0 Å². The Kier molecular flexibility index (Phi) is 2.34. The first-order chi connectivity index (χ1) is 8.33. The van der Waals surface area contributed by atoms with Gasteiger partial charge in [0.15, 0.2) is 0 Å². The van der Waals surface area contributed by atoms with Crippen LogP contribution >= 0.6 is 11.3 Å². The molecule has 0 saturated carbocycles. The van der Waals surface area contributed by atoms with Gasteiger partial charge in [-0.15, -0.1) is 11.3 Å². The van der Waals surface area contributed by atoms with Crippen LogP contribution in [-0.2, 0) is 0 Å². The van der Waals surface area contributed by atoms with Crippen molar-refractivity contribution in [3.8, 4) is 11.6 Å². The van der Waals surface area contributed by atoms with Crippen molar-refractivity contribution in [1.82, 2.24) is 15.0 Å². The van der Waals surface area contributed by atoms with Crippen molar-refractivity contribution in [2.45, 2.75) is 0 Å². The SMILES string of the molecule is Nc1nc(Oc2cccnc2)c2ccsc2n1. The zero-order valence-electron chi connectivity index (χ0n) is 8.70. The Bertz CT molecular complexity index is 653. The number of anilines is 1. The second-order valence-corrected chi connectivity index (χ2v) is 4.21. The topological polar surface area (TPSA) is 73.9 Å². The number of nitrogens with two attached hydrogens (primary N) is 1. The minimum atomic E-state index is 0.207. The molecule has 0 radical (unpaired) electrons. The van der Waals surface area contributed by atoms with E-state index in [1.165, 1.54) is 11.3 Å². The third kappa shape index (κ3) is 1.90. The molecular formula is C11H8N4OS. The summed E-state index contributed by atoms with van der Waals surface area (Å²) in [5, 5.41) is 2.78. The minimum absolute atomic E-state index is 0.207. The van der Waals surface area contributed by atoms with Gasteiger partial charge in [-0.2, -0.15) is 4.98 Å². The molecule has 0 aliphatic heterocycles. The van der Waals surface area contributed by atoms with Crippen molar-refractivity contribution < 1.29 is 4.74 Å². The van der Waals surface area contributed by atoms with Gasteiger partial charge in [-0.1, -0.05) is 0 Å². The first-order valence-corrected chi connectivity index (χ1v) is 5.79. The van der Waals surface area contributed by atoms with E-state index in [1.54, 1.807) is 18.5 Å². The Hall–Kier alpha value is -2.21. The predicted molar refractivity (Wildman–Crippen MR) is 66.1 cm³/mol. The van der Waals surface area contributed by atoms with Crippen molar-refractivity contribution in [2.24, 2.45) is 0 Å². The van der Waals surface area contributed by atoms with E-state index in [-0.39, 0.29) is 5.95 Å². The molecule has 3 rings (SSSR count). The van der Waals surface area contributed by atoms with Crippen molar-refractivity contribution >= 4 is 27.5 Å². The summed E-state index contributed by atoms with van der Waals surface area (Å²) in [6.45, 7) is 0. The lowest BCUT2D eigenvalue weighted by Gasteiger charge is -2.05. The lowest BCUT2D eigenvalue weighted by atomic mass is 10.4. The number of nitrogens with zero attached hydrogens (tertiary/aromatic N) is 3. The molecule has 17 heavy (non-hydrogen) atoms. The average molecular weight is 244 g/mol. The molecule has 5 nitrogen and oxygen atoms in total. The summed E-state index contributed by atoms with van der Waals surface area (Å²) < 4.78 is 5.64. The zero-order chi connectivity index (χ0) is 11.7. The van der Waals surface area contributed by atoms with Gasteiger partial charge in [0, 0.05) is 6.20 Å². The van der Waals surface area contributed by atoms with Crippen LogP contribution in [0, 0.1) is 0 Å². The molecule has 3 heterocycles. The zero-order valence-corrected chi connectivity index (χ0v) is 9.52. The molecular weight excluding hydrogens is 236 g/mol. The first kappa shape index (κ1) is 9.98. The van der Waals surface area contributed by atoms with Crippen LogP contribution in [-0.4, -0.2) is 15.0 Å². The van der Waals surface area contributed by atoms with Crippen molar-refractivity contribution in [2.75, 3.05) is 5.73 Å². The fraction of sp³-hybridized carbons (Fsp3) is 0. The second-order valence-electron chi connectivity index (χ2n) is 3.32. The Morgan fingerprint density at radius 2 is 2.18 bits per heavy atom. The Morgan fingerprint density at radius 1 is 1.24 bits per heavy atom. The van der Waals surface area contributed by atoms with E-state index in [4.69, 9.17) is 10.5 Å². The maximum Gasteiger partial charge on any atom is 0.232 e. The average Bonchev–Trinajstić information content (AvgIpc) is 2.78. The van der Waals surface area contributed by atoms with Gasteiger partial charge in [0.1, 0.15) is 10.6 Å². The minimum Gasteiger partial charge on any atom is -0.437 e. The molecule has 0 aliphatic rings. The summed E-state index contributed by atoms with van der Waals surface area (Å²) in [4.78, 5) is 13.0. The van der Waals surface area contributed by atoms with E-state index in [2.05, 4.69) is 15.0 Å². The Morgan fingerprint density at radius 3 is 3.00 bits per heavy atom. The molecule has 0 aliphatic carbocycles. The second kappa shape index (κ2) is 3.99. The van der Waals surface area contributed by atoms with Crippen LogP contribution in [0.5, 0.6) is 11.6 Å². The van der Waals surface area contributed by atoms with Crippen molar-refractivity contribution in [1.29, 1.82) is 0 Å². The van der Waals surface area contributed by atoms with Crippen LogP contribution < -0.4 is 10.5 Å². The number of thiophene rings is 1. The largest absolute Gasteiger partial charge is 0.437 e. The highest BCUT2D eigenvalue weighted by Crippen LogP contribution is 2.30. The van der Waals surface area contributed by atoms with Crippen LogP contribution in [0.1, 0.15) is 0 Å². The van der Waals surface area contributed by atoms with Gasteiger partial charge in [0.2, 0.25) is 11.8 Å². The molecule has 0 bridgehead atoms. The normalized spacial score (nSPS) is 10.6. The number of fused-ring (bicyclic) bond motifs is 1. The molecule has 3 aromatic rings. The molecule has 0 atom stereocenters. The molecule has 3 aromatic heterocycles. The smallest absolute Gasteiger partial charge is 0.232 e. The van der Waals surface area contributed by atoms with Crippen molar-refractivity contribution in [3.63, 3.8) is 0 Å². The number of hydrogen-bond donors (Lipinski definition) is 1. The summed E-state index contributed by atoms with van der Waals surface area (Å²) in [6, 6.07) is 5.51. The molecule has 0 amide bonds. The molecule has 0 saturated heterocycles. The van der Waals surface area contributed by atoms with Crippen LogP contribution in [0.4, 0.5) is 5.95 Å². The van der Waals surface area contributed by atoms with Gasteiger partial charge in [-0.25, -0.2) is 4.98 Å². The van der Waals surface area contributed by atoms with E-state index in [1.807, 2.05) is 17.5 Å². The van der Waals surface area contributed by atoms with Crippen LogP contribution in [0.2, 0.25) is 0 Å². The number of nitrogen functional groups attached to an aromatic ring is 1. The summed E-state index contributed by atoms with van der Waals surface area (Å²) >= 11 is 1.50. The number of ether oxygens (including phenoxy) is 1. The molecule has 6 heteroatoms.